The molecule has 0 N–H and O–H groups in total. The zero-order valence-corrected chi connectivity index (χ0v) is 13.3. The van der Waals surface area contributed by atoms with Crippen LogP contribution in [0.25, 0.3) is 5.65 Å². The van der Waals surface area contributed by atoms with Crippen LogP contribution in [0.1, 0.15) is 22.8 Å². The average molecular weight is 323 g/mol. The summed E-state index contributed by atoms with van der Waals surface area (Å²) in [5.41, 5.74) is 1.51. The van der Waals surface area contributed by atoms with Crippen LogP contribution in [0.2, 0.25) is 0 Å². The molecule has 0 aliphatic carbocycles. The van der Waals surface area contributed by atoms with E-state index in [4.69, 9.17) is 4.74 Å². The van der Waals surface area contributed by atoms with E-state index in [2.05, 4.69) is 15.5 Å². The first-order valence-electron chi connectivity index (χ1n) is 7.83. The molecule has 7 nitrogen and oxygen atoms in total. The summed E-state index contributed by atoms with van der Waals surface area (Å²) in [6.45, 7) is 3.54. The van der Waals surface area contributed by atoms with E-state index in [1.165, 1.54) is 4.52 Å². The smallest absolute Gasteiger partial charge is 0.257 e. The molecule has 0 bridgehead atoms. The van der Waals surface area contributed by atoms with Crippen LogP contribution in [0.4, 0.5) is 0 Å². The fraction of sp³-hybridized carbons (Fsp3) is 0.294. The van der Waals surface area contributed by atoms with Crippen LogP contribution < -0.4 is 0 Å². The van der Waals surface area contributed by atoms with Crippen molar-refractivity contribution in [3.05, 3.63) is 59.8 Å². The number of carbonyl (C=O) groups excluding carboxylic acids is 1. The first-order valence-corrected chi connectivity index (χ1v) is 7.83. The maximum Gasteiger partial charge on any atom is 0.257 e. The highest BCUT2D eigenvalue weighted by Gasteiger charge is 2.36. The van der Waals surface area contributed by atoms with Gasteiger partial charge in [-0.1, -0.05) is 30.3 Å². The monoisotopic (exact) mass is 323 g/mol. The Bertz CT molecular complexity index is 879. The summed E-state index contributed by atoms with van der Waals surface area (Å²) < 4.78 is 7.50. The number of nitrogens with zero attached hydrogens (tertiary/aromatic N) is 5. The van der Waals surface area contributed by atoms with Crippen LogP contribution in [0.15, 0.2) is 48.7 Å². The molecule has 1 amide bonds. The predicted octanol–water partition coefficient (Wildman–Crippen LogP) is 1.51. The van der Waals surface area contributed by atoms with Gasteiger partial charge in [-0.25, -0.2) is 0 Å². The lowest BCUT2D eigenvalue weighted by Crippen LogP contribution is -2.50. The molecule has 2 aromatic heterocycles. The van der Waals surface area contributed by atoms with Gasteiger partial charge in [-0.15, -0.1) is 5.10 Å². The highest BCUT2D eigenvalue weighted by Crippen LogP contribution is 2.30. The van der Waals surface area contributed by atoms with Crippen LogP contribution in [0.3, 0.4) is 0 Å². The molecule has 0 saturated carbocycles. The van der Waals surface area contributed by atoms with Gasteiger partial charge in [-0.2, -0.15) is 4.52 Å². The lowest BCUT2D eigenvalue weighted by atomic mass is 9.93. The molecule has 3 heterocycles. The molecule has 0 radical (unpaired) electrons. The Hall–Kier alpha value is -2.80. The number of pyridine rings is 1. The predicted molar refractivity (Wildman–Crippen MR) is 86.4 cm³/mol. The van der Waals surface area contributed by atoms with Gasteiger partial charge >= 0.3 is 0 Å². The van der Waals surface area contributed by atoms with E-state index in [1.807, 2.05) is 37.3 Å². The Morgan fingerprint density at radius 2 is 2.04 bits per heavy atom. The highest BCUT2D eigenvalue weighted by atomic mass is 16.5. The average Bonchev–Trinajstić information content (AvgIpc) is 3.11. The van der Waals surface area contributed by atoms with Crippen LogP contribution >= 0.6 is 0 Å². The normalized spacial score (nSPS) is 21.1. The Morgan fingerprint density at radius 3 is 2.88 bits per heavy atom. The number of tetrazole rings is 1. The lowest BCUT2D eigenvalue weighted by molar-refractivity contribution is -0.0930. The van der Waals surface area contributed by atoms with Gasteiger partial charge in [0.2, 0.25) is 0 Å². The first-order chi connectivity index (χ1) is 11.7. The third kappa shape index (κ3) is 2.43. The molecular weight excluding hydrogens is 306 g/mol. The van der Waals surface area contributed by atoms with Crippen molar-refractivity contribution in [3.8, 4) is 0 Å². The van der Waals surface area contributed by atoms with Gasteiger partial charge in [0.15, 0.2) is 5.65 Å². The van der Waals surface area contributed by atoms with Crippen LogP contribution in [-0.2, 0) is 10.3 Å². The van der Waals surface area contributed by atoms with Crippen molar-refractivity contribution in [2.75, 3.05) is 19.7 Å². The van der Waals surface area contributed by atoms with Gasteiger partial charge in [0.25, 0.3) is 5.91 Å². The molecule has 0 spiro atoms. The van der Waals surface area contributed by atoms with Gasteiger partial charge < -0.3 is 9.64 Å². The van der Waals surface area contributed by atoms with Crippen LogP contribution in [-0.4, -0.2) is 50.5 Å². The third-order valence-electron chi connectivity index (χ3n) is 4.40. The van der Waals surface area contributed by atoms with E-state index in [9.17, 15) is 4.79 Å². The van der Waals surface area contributed by atoms with Crippen LogP contribution in [0, 0.1) is 0 Å². The van der Waals surface area contributed by atoms with E-state index in [1.54, 1.807) is 23.2 Å². The number of morpholine rings is 1. The molecule has 7 heteroatoms. The number of ether oxygens (including phenoxy) is 1. The fourth-order valence-corrected chi connectivity index (χ4v) is 3.11. The van der Waals surface area contributed by atoms with Crippen molar-refractivity contribution >= 4 is 11.6 Å². The second kappa shape index (κ2) is 5.68. The summed E-state index contributed by atoms with van der Waals surface area (Å²) in [4.78, 5) is 14.8. The summed E-state index contributed by atoms with van der Waals surface area (Å²) in [6.07, 6.45) is 1.72. The van der Waals surface area contributed by atoms with Gasteiger partial charge in [-0.05, 0) is 35.0 Å². The largest absolute Gasteiger partial charge is 0.367 e. The molecule has 1 unspecified atom stereocenters. The number of amides is 1. The molecule has 3 aromatic rings. The van der Waals surface area contributed by atoms with E-state index in [0.717, 1.165) is 5.56 Å². The highest BCUT2D eigenvalue weighted by molar-refractivity contribution is 5.99. The summed E-state index contributed by atoms with van der Waals surface area (Å²) in [6, 6.07) is 13.5. The number of rotatable bonds is 2. The molecule has 122 valence electrons. The summed E-state index contributed by atoms with van der Waals surface area (Å²) in [7, 11) is 0. The molecule has 1 saturated heterocycles. The maximum atomic E-state index is 13.0. The summed E-state index contributed by atoms with van der Waals surface area (Å²) in [5, 5.41) is 11.4. The molecule has 1 aliphatic heterocycles. The number of aromatic nitrogens is 4. The van der Waals surface area contributed by atoms with Gasteiger partial charge in [-0.3, -0.25) is 4.79 Å². The fourth-order valence-electron chi connectivity index (χ4n) is 3.11. The van der Waals surface area contributed by atoms with Gasteiger partial charge in [0.05, 0.1) is 18.7 Å². The lowest BCUT2D eigenvalue weighted by Gasteiger charge is -2.40. The van der Waals surface area contributed by atoms with Crippen molar-refractivity contribution in [1.29, 1.82) is 0 Å². The number of benzene rings is 1. The standard InChI is InChI=1S/C17H17N5O2/c1-17(13-6-3-2-4-7-13)12-21(10-11-24-17)16(23)14-8-5-9-22-15(14)18-19-20-22/h2-9H,10-12H2,1H3. The minimum Gasteiger partial charge on any atom is -0.367 e. The summed E-state index contributed by atoms with van der Waals surface area (Å²) in [5.74, 6) is -0.0825. The number of hydrogen-bond donors (Lipinski definition) is 0. The third-order valence-corrected chi connectivity index (χ3v) is 4.40. The summed E-state index contributed by atoms with van der Waals surface area (Å²) >= 11 is 0. The van der Waals surface area contributed by atoms with Crippen molar-refractivity contribution in [2.45, 2.75) is 12.5 Å². The Kier molecular flexibility index (Phi) is 3.50. The van der Waals surface area contributed by atoms with Crippen molar-refractivity contribution in [2.24, 2.45) is 0 Å². The molecule has 1 fully saturated rings. The Labute approximate surface area is 138 Å². The Morgan fingerprint density at radius 1 is 1.21 bits per heavy atom. The van der Waals surface area contributed by atoms with E-state index >= 15 is 0 Å². The van der Waals surface area contributed by atoms with Gasteiger partial charge in [0.1, 0.15) is 5.60 Å². The number of carbonyl (C=O) groups is 1. The Balaban J connectivity index is 1.65. The zero-order chi connectivity index (χ0) is 16.6. The van der Waals surface area contributed by atoms with E-state index < -0.39 is 5.60 Å². The zero-order valence-electron chi connectivity index (χ0n) is 13.3. The molecule has 1 atom stereocenters. The second-order valence-electron chi connectivity index (χ2n) is 6.04. The first kappa shape index (κ1) is 14.8. The van der Waals surface area contributed by atoms with Crippen molar-refractivity contribution in [1.82, 2.24) is 24.9 Å². The molecule has 24 heavy (non-hydrogen) atoms. The second-order valence-corrected chi connectivity index (χ2v) is 6.04. The minimum atomic E-state index is -0.522. The van der Waals surface area contributed by atoms with Gasteiger partial charge in [0, 0.05) is 12.7 Å². The minimum absolute atomic E-state index is 0.0825. The number of hydrogen-bond acceptors (Lipinski definition) is 5. The number of fused-ring (bicyclic) bond motifs is 1. The SMILES string of the molecule is CC1(c2ccccc2)CN(C(=O)c2cccn3nnnc23)CCO1. The topological polar surface area (TPSA) is 72.6 Å². The van der Waals surface area contributed by atoms with E-state index in [0.29, 0.717) is 30.9 Å². The maximum absolute atomic E-state index is 13.0. The molecule has 1 aromatic carbocycles. The van der Waals surface area contributed by atoms with Crippen molar-refractivity contribution < 1.29 is 9.53 Å². The van der Waals surface area contributed by atoms with E-state index in [-0.39, 0.29) is 5.91 Å². The molecule has 4 rings (SSSR count). The quantitative estimate of drug-likeness (QED) is 0.715. The van der Waals surface area contributed by atoms with Crippen LogP contribution in [0.5, 0.6) is 0 Å². The molecular formula is C17H17N5O2. The van der Waals surface area contributed by atoms with Crippen molar-refractivity contribution in [3.63, 3.8) is 0 Å². The molecule has 1 aliphatic rings.